The monoisotopic (exact) mass is 240 g/mol. The van der Waals surface area contributed by atoms with Crippen molar-refractivity contribution in [3.63, 3.8) is 0 Å². The lowest BCUT2D eigenvalue weighted by atomic mass is 9.76. The van der Waals surface area contributed by atoms with Gasteiger partial charge in [0.05, 0.1) is 0 Å². The van der Waals surface area contributed by atoms with E-state index >= 15 is 0 Å². The van der Waals surface area contributed by atoms with Gasteiger partial charge in [0.1, 0.15) is 5.54 Å². The van der Waals surface area contributed by atoms with Crippen molar-refractivity contribution in [3.05, 3.63) is 0 Å². The maximum Gasteiger partial charge on any atom is 0.329 e. The summed E-state index contributed by atoms with van der Waals surface area (Å²) in [6.07, 6.45) is 4.85. The van der Waals surface area contributed by atoms with Crippen LogP contribution in [0.25, 0.3) is 0 Å². The average molecular weight is 240 g/mol. The summed E-state index contributed by atoms with van der Waals surface area (Å²) in [4.78, 5) is 25.0. The largest absolute Gasteiger partial charge is 0.480 e. The first-order valence-electron chi connectivity index (χ1n) is 6.39. The topological polar surface area (TPSA) is 69.6 Å². The van der Waals surface area contributed by atoms with Gasteiger partial charge in [-0.25, -0.2) is 4.79 Å². The summed E-state index contributed by atoms with van der Waals surface area (Å²) in [7, 11) is 0. The lowest BCUT2D eigenvalue weighted by Crippen LogP contribution is -2.59. The Morgan fingerprint density at radius 3 is 2.29 bits per heavy atom. The molecule has 1 aliphatic carbocycles. The molecule has 0 aromatic heterocycles. The maximum absolute atomic E-state index is 11.7. The summed E-state index contributed by atoms with van der Waals surface area (Å²) in [5, 5.41) is 11.8. The zero-order chi connectivity index (χ0) is 12.3. The molecule has 2 fully saturated rings. The lowest BCUT2D eigenvalue weighted by molar-refractivity contribution is -0.151. The Morgan fingerprint density at radius 1 is 1.18 bits per heavy atom. The molecule has 5 nitrogen and oxygen atoms in total. The van der Waals surface area contributed by atoms with Crippen LogP contribution in [0.4, 0.5) is 0 Å². The molecular weight excluding hydrogens is 220 g/mol. The second-order valence-electron chi connectivity index (χ2n) is 5.09. The van der Waals surface area contributed by atoms with Crippen LogP contribution in [-0.4, -0.2) is 47.1 Å². The van der Waals surface area contributed by atoms with E-state index in [9.17, 15) is 9.59 Å². The van der Waals surface area contributed by atoms with E-state index in [1.165, 1.54) is 12.8 Å². The highest BCUT2D eigenvalue weighted by molar-refractivity contribution is 5.87. The van der Waals surface area contributed by atoms with Gasteiger partial charge in [-0.15, -0.1) is 0 Å². The van der Waals surface area contributed by atoms with Crippen LogP contribution in [0.1, 0.15) is 38.5 Å². The summed E-state index contributed by atoms with van der Waals surface area (Å²) in [5.74, 6) is -1.02. The molecule has 1 aliphatic heterocycles. The van der Waals surface area contributed by atoms with Gasteiger partial charge in [-0.3, -0.25) is 4.79 Å². The Balaban J connectivity index is 1.74. The van der Waals surface area contributed by atoms with Gasteiger partial charge >= 0.3 is 5.97 Å². The third-order valence-corrected chi connectivity index (χ3v) is 3.85. The predicted octanol–water partition coefficient (Wildman–Crippen LogP) is 0.596. The SMILES string of the molecule is O=C(CCN1CCCC1)NC1(C(=O)O)CCC1. The Labute approximate surface area is 101 Å². The summed E-state index contributed by atoms with van der Waals surface area (Å²) < 4.78 is 0. The fourth-order valence-corrected chi connectivity index (χ4v) is 2.52. The first-order chi connectivity index (χ1) is 8.12. The van der Waals surface area contributed by atoms with Crippen molar-refractivity contribution in [1.82, 2.24) is 10.2 Å². The van der Waals surface area contributed by atoms with Crippen molar-refractivity contribution in [3.8, 4) is 0 Å². The highest BCUT2D eigenvalue weighted by Gasteiger charge is 2.45. The highest BCUT2D eigenvalue weighted by atomic mass is 16.4. The molecule has 0 atom stereocenters. The van der Waals surface area contributed by atoms with Crippen LogP contribution < -0.4 is 5.32 Å². The number of nitrogens with zero attached hydrogens (tertiary/aromatic N) is 1. The number of hydrogen-bond donors (Lipinski definition) is 2. The molecule has 0 bridgehead atoms. The number of carbonyl (C=O) groups excluding carboxylic acids is 1. The molecule has 2 rings (SSSR count). The number of carboxylic acids is 1. The number of aliphatic carboxylic acids is 1. The molecule has 0 aromatic carbocycles. The van der Waals surface area contributed by atoms with E-state index in [0.717, 1.165) is 26.1 Å². The van der Waals surface area contributed by atoms with Gasteiger partial charge in [0.25, 0.3) is 0 Å². The van der Waals surface area contributed by atoms with E-state index in [-0.39, 0.29) is 5.91 Å². The molecule has 0 spiro atoms. The second kappa shape index (κ2) is 5.04. The average Bonchev–Trinajstić information content (AvgIpc) is 2.72. The van der Waals surface area contributed by atoms with Crippen LogP contribution in [0, 0.1) is 0 Å². The smallest absolute Gasteiger partial charge is 0.329 e. The Hall–Kier alpha value is -1.10. The van der Waals surface area contributed by atoms with Crippen molar-refractivity contribution in [2.45, 2.75) is 44.1 Å². The number of amides is 1. The molecule has 1 saturated heterocycles. The molecule has 1 heterocycles. The quantitative estimate of drug-likeness (QED) is 0.738. The number of carboxylic acid groups (broad SMARTS) is 1. The molecule has 0 radical (unpaired) electrons. The molecule has 1 amide bonds. The Morgan fingerprint density at radius 2 is 1.82 bits per heavy atom. The molecule has 0 unspecified atom stereocenters. The van der Waals surface area contributed by atoms with Crippen LogP contribution in [0.5, 0.6) is 0 Å². The van der Waals surface area contributed by atoms with Crippen molar-refractivity contribution < 1.29 is 14.7 Å². The fourth-order valence-electron chi connectivity index (χ4n) is 2.52. The van der Waals surface area contributed by atoms with Crippen molar-refractivity contribution >= 4 is 11.9 Å². The third-order valence-electron chi connectivity index (χ3n) is 3.85. The van der Waals surface area contributed by atoms with Gasteiger partial charge in [-0.05, 0) is 45.2 Å². The van der Waals surface area contributed by atoms with Gasteiger partial charge in [-0.1, -0.05) is 0 Å². The van der Waals surface area contributed by atoms with Gasteiger partial charge in [0, 0.05) is 13.0 Å². The van der Waals surface area contributed by atoms with Crippen LogP contribution in [0.3, 0.4) is 0 Å². The fraction of sp³-hybridized carbons (Fsp3) is 0.833. The van der Waals surface area contributed by atoms with Crippen LogP contribution >= 0.6 is 0 Å². The standard InChI is InChI=1S/C12H20N2O3/c15-10(4-9-14-7-1-2-8-14)13-12(11(16)17)5-3-6-12/h1-9H2,(H,13,15)(H,16,17). The number of rotatable bonds is 5. The van der Waals surface area contributed by atoms with Gasteiger partial charge in [0.2, 0.25) is 5.91 Å². The summed E-state index contributed by atoms with van der Waals surface area (Å²) in [5.41, 5.74) is -0.956. The Kier molecular flexibility index (Phi) is 3.66. The first-order valence-corrected chi connectivity index (χ1v) is 6.39. The minimum absolute atomic E-state index is 0.126. The van der Waals surface area contributed by atoms with E-state index in [2.05, 4.69) is 10.2 Å². The first kappa shape index (κ1) is 12.4. The maximum atomic E-state index is 11.7. The number of likely N-dealkylation sites (tertiary alicyclic amines) is 1. The normalized spacial score (nSPS) is 23.1. The molecule has 1 saturated carbocycles. The molecule has 2 aliphatic rings. The van der Waals surface area contributed by atoms with Gasteiger partial charge in [-0.2, -0.15) is 0 Å². The molecule has 96 valence electrons. The minimum Gasteiger partial charge on any atom is -0.480 e. The molecule has 5 heteroatoms. The van der Waals surface area contributed by atoms with Crippen LogP contribution in [0.2, 0.25) is 0 Å². The van der Waals surface area contributed by atoms with Crippen molar-refractivity contribution in [2.75, 3.05) is 19.6 Å². The number of nitrogens with one attached hydrogen (secondary N) is 1. The lowest BCUT2D eigenvalue weighted by Gasteiger charge is -2.38. The molecule has 17 heavy (non-hydrogen) atoms. The van der Waals surface area contributed by atoms with Crippen molar-refractivity contribution in [1.29, 1.82) is 0 Å². The zero-order valence-corrected chi connectivity index (χ0v) is 10.1. The van der Waals surface area contributed by atoms with Crippen LogP contribution in [-0.2, 0) is 9.59 Å². The molecule has 2 N–H and O–H groups in total. The van der Waals surface area contributed by atoms with Gasteiger partial charge < -0.3 is 15.3 Å². The summed E-state index contributed by atoms with van der Waals surface area (Å²) in [6.45, 7) is 2.89. The third kappa shape index (κ3) is 2.77. The Bertz CT molecular complexity index is 307. The highest BCUT2D eigenvalue weighted by Crippen LogP contribution is 2.32. The van der Waals surface area contributed by atoms with E-state index in [1.54, 1.807) is 0 Å². The summed E-state index contributed by atoms with van der Waals surface area (Å²) >= 11 is 0. The second-order valence-corrected chi connectivity index (χ2v) is 5.09. The number of hydrogen-bond acceptors (Lipinski definition) is 3. The number of carbonyl (C=O) groups is 2. The van der Waals surface area contributed by atoms with Gasteiger partial charge in [0.15, 0.2) is 0 Å². The zero-order valence-electron chi connectivity index (χ0n) is 10.1. The molecular formula is C12H20N2O3. The van der Waals surface area contributed by atoms with E-state index < -0.39 is 11.5 Å². The van der Waals surface area contributed by atoms with E-state index in [1.807, 2.05) is 0 Å². The predicted molar refractivity (Wildman–Crippen MR) is 62.7 cm³/mol. The summed E-state index contributed by atoms with van der Waals surface area (Å²) in [6, 6.07) is 0. The minimum atomic E-state index is -0.956. The van der Waals surface area contributed by atoms with Crippen molar-refractivity contribution in [2.24, 2.45) is 0 Å². The van der Waals surface area contributed by atoms with Crippen LogP contribution in [0.15, 0.2) is 0 Å². The van der Waals surface area contributed by atoms with E-state index in [4.69, 9.17) is 5.11 Å². The van der Waals surface area contributed by atoms with E-state index in [0.29, 0.717) is 19.3 Å². The molecule has 0 aromatic rings.